The zero-order valence-electron chi connectivity index (χ0n) is 11.8. The monoisotopic (exact) mass is 275 g/mol. The van der Waals surface area contributed by atoms with Crippen LogP contribution in [-0.4, -0.2) is 38.7 Å². The van der Waals surface area contributed by atoms with E-state index in [1.165, 1.54) is 0 Å². The van der Waals surface area contributed by atoms with Crippen molar-refractivity contribution in [3.05, 3.63) is 18.2 Å². The second kappa shape index (κ2) is 5.71. The largest absolute Gasteiger partial charge is 0.490 e. The third-order valence-electron chi connectivity index (χ3n) is 3.95. The normalized spacial score (nSPS) is 21.9. The van der Waals surface area contributed by atoms with Crippen LogP contribution in [0.4, 0.5) is 11.4 Å². The summed E-state index contributed by atoms with van der Waals surface area (Å²) in [6.45, 7) is 2.51. The number of fused-ring (bicyclic) bond motifs is 1. The lowest BCUT2D eigenvalue weighted by molar-refractivity contribution is -0.118. The van der Waals surface area contributed by atoms with Crippen molar-refractivity contribution in [3.63, 3.8) is 0 Å². The van der Waals surface area contributed by atoms with Crippen molar-refractivity contribution in [1.29, 1.82) is 0 Å². The van der Waals surface area contributed by atoms with Crippen molar-refractivity contribution >= 4 is 17.3 Å². The average Bonchev–Trinajstić information content (AvgIpc) is 2.49. The Morgan fingerprint density at radius 3 is 3.15 bits per heavy atom. The average molecular weight is 275 g/mol. The Balaban J connectivity index is 1.71. The highest BCUT2D eigenvalue weighted by Crippen LogP contribution is 2.33. The topological polar surface area (TPSA) is 53.6 Å². The Kier molecular flexibility index (Phi) is 3.78. The highest BCUT2D eigenvalue weighted by molar-refractivity contribution is 5.95. The number of benzene rings is 1. The number of rotatable bonds is 2. The van der Waals surface area contributed by atoms with Gasteiger partial charge < -0.3 is 20.3 Å². The van der Waals surface area contributed by atoms with E-state index in [0.717, 1.165) is 49.5 Å². The van der Waals surface area contributed by atoms with Crippen LogP contribution in [0.15, 0.2) is 18.2 Å². The predicted molar refractivity (Wildman–Crippen MR) is 79.5 cm³/mol. The fourth-order valence-corrected chi connectivity index (χ4v) is 2.73. The van der Waals surface area contributed by atoms with Gasteiger partial charge in [0, 0.05) is 12.7 Å². The first-order valence-corrected chi connectivity index (χ1v) is 7.26. The van der Waals surface area contributed by atoms with Crippen molar-refractivity contribution in [2.24, 2.45) is 0 Å². The highest BCUT2D eigenvalue weighted by Gasteiger charge is 2.21. The van der Waals surface area contributed by atoms with Crippen LogP contribution in [0.3, 0.4) is 0 Å². The molecule has 0 saturated carbocycles. The molecule has 1 saturated heterocycles. The number of nitrogens with zero attached hydrogens (tertiary/aromatic N) is 1. The van der Waals surface area contributed by atoms with Crippen LogP contribution < -0.4 is 20.3 Å². The molecule has 20 heavy (non-hydrogen) atoms. The third kappa shape index (κ3) is 2.72. The number of anilines is 2. The number of likely N-dealkylation sites (N-methyl/N-ethyl adjacent to an activating group) is 1. The van der Waals surface area contributed by atoms with Crippen LogP contribution in [-0.2, 0) is 4.79 Å². The molecule has 2 aliphatic heterocycles. The summed E-state index contributed by atoms with van der Waals surface area (Å²) in [6.07, 6.45) is 3.19. The zero-order valence-corrected chi connectivity index (χ0v) is 11.8. The van der Waals surface area contributed by atoms with Crippen molar-refractivity contribution in [2.75, 3.05) is 37.0 Å². The van der Waals surface area contributed by atoms with Crippen molar-refractivity contribution in [3.8, 4) is 5.75 Å². The fourth-order valence-electron chi connectivity index (χ4n) is 2.73. The number of hydrogen-bond acceptors (Lipinski definition) is 4. The molecule has 0 spiro atoms. The van der Waals surface area contributed by atoms with E-state index in [4.69, 9.17) is 4.74 Å². The minimum Gasteiger partial charge on any atom is -0.490 e. The van der Waals surface area contributed by atoms with Gasteiger partial charge in [-0.3, -0.25) is 4.79 Å². The summed E-state index contributed by atoms with van der Waals surface area (Å²) in [6, 6.07) is 5.75. The maximum atomic E-state index is 12.2. The molecule has 0 unspecified atom stereocenters. The standard InChI is InChI=1S/C15H21N3O2/c1-18-8-9-20-14-6-5-11(10-13(14)18)17-15(19)12-4-2-3-7-16-12/h5-6,10,12,16H,2-4,7-9H2,1H3,(H,17,19)/t12-/m1/s1. The molecule has 0 bridgehead atoms. The fraction of sp³-hybridized carbons (Fsp3) is 0.533. The van der Waals surface area contributed by atoms with Gasteiger partial charge in [0.25, 0.3) is 0 Å². The lowest BCUT2D eigenvalue weighted by Gasteiger charge is -2.28. The van der Waals surface area contributed by atoms with E-state index in [2.05, 4.69) is 15.5 Å². The molecular weight excluding hydrogens is 254 g/mol. The van der Waals surface area contributed by atoms with Gasteiger partial charge in [0.05, 0.1) is 18.3 Å². The van der Waals surface area contributed by atoms with Crippen molar-refractivity contribution < 1.29 is 9.53 Å². The number of carbonyl (C=O) groups is 1. The first kappa shape index (κ1) is 13.2. The Morgan fingerprint density at radius 2 is 2.35 bits per heavy atom. The van der Waals surface area contributed by atoms with E-state index >= 15 is 0 Å². The smallest absolute Gasteiger partial charge is 0.241 e. The summed E-state index contributed by atoms with van der Waals surface area (Å²) in [5.74, 6) is 0.941. The molecule has 0 aromatic heterocycles. The van der Waals surface area contributed by atoms with Gasteiger partial charge in [-0.15, -0.1) is 0 Å². The first-order chi connectivity index (χ1) is 9.74. The Morgan fingerprint density at radius 1 is 1.45 bits per heavy atom. The molecule has 2 N–H and O–H groups in total. The molecule has 3 rings (SSSR count). The quantitative estimate of drug-likeness (QED) is 0.861. The summed E-state index contributed by atoms with van der Waals surface area (Å²) in [5, 5.41) is 6.26. The number of carbonyl (C=O) groups excluding carboxylic acids is 1. The molecule has 5 nitrogen and oxygen atoms in total. The summed E-state index contributed by atoms with van der Waals surface area (Å²) in [4.78, 5) is 14.3. The van der Waals surface area contributed by atoms with Gasteiger partial charge in [-0.1, -0.05) is 6.42 Å². The second-order valence-electron chi connectivity index (χ2n) is 5.44. The van der Waals surface area contributed by atoms with Gasteiger partial charge in [0.15, 0.2) is 0 Å². The van der Waals surface area contributed by atoms with Gasteiger partial charge in [-0.25, -0.2) is 0 Å². The summed E-state index contributed by atoms with van der Waals surface area (Å²) >= 11 is 0. The zero-order chi connectivity index (χ0) is 13.9. The molecule has 1 amide bonds. The Hall–Kier alpha value is -1.75. The minimum atomic E-state index is -0.0613. The maximum Gasteiger partial charge on any atom is 0.241 e. The molecule has 0 aliphatic carbocycles. The molecular formula is C15H21N3O2. The third-order valence-corrected chi connectivity index (χ3v) is 3.95. The van der Waals surface area contributed by atoms with Crippen LogP contribution in [0.25, 0.3) is 0 Å². The van der Waals surface area contributed by atoms with Gasteiger partial charge in [0.2, 0.25) is 5.91 Å². The van der Waals surface area contributed by atoms with E-state index in [1.807, 2.05) is 25.2 Å². The number of amides is 1. The molecule has 1 fully saturated rings. The predicted octanol–water partition coefficient (Wildman–Crippen LogP) is 1.60. The second-order valence-corrected chi connectivity index (χ2v) is 5.44. The lowest BCUT2D eigenvalue weighted by atomic mass is 10.0. The molecule has 5 heteroatoms. The summed E-state index contributed by atoms with van der Waals surface area (Å²) in [7, 11) is 2.04. The van der Waals surface area contributed by atoms with E-state index in [0.29, 0.717) is 6.61 Å². The molecule has 2 heterocycles. The number of hydrogen-bond donors (Lipinski definition) is 2. The Bertz CT molecular complexity index is 498. The van der Waals surface area contributed by atoms with Crippen molar-refractivity contribution in [1.82, 2.24) is 5.32 Å². The van der Waals surface area contributed by atoms with E-state index in [1.54, 1.807) is 0 Å². The van der Waals surface area contributed by atoms with Crippen molar-refractivity contribution in [2.45, 2.75) is 25.3 Å². The molecule has 1 aromatic carbocycles. The first-order valence-electron chi connectivity index (χ1n) is 7.26. The number of ether oxygens (including phenoxy) is 1. The number of nitrogens with one attached hydrogen (secondary N) is 2. The van der Waals surface area contributed by atoms with Crippen LogP contribution in [0.1, 0.15) is 19.3 Å². The van der Waals surface area contributed by atoms with Crippen LogP contribution in [0, 0.1) is 0 Å². The van der Waals surface area contributed by atoms with E-state index < -0.39 is 0 Å². The lowest BCUT2D eigenvalue weighted by Crippen LogP contribution is -2.43. The highest BCUT2D eigenvalue weighted by atomic mass is 16.5. The summed E-state index contributed by atoms with van der Waals surface area (Å²) < 4.78 is 5.60. The van der Waals surface area contributed by atoms with Crippen LogP contribution in [0.2, 0.25) is 0 Å². The van der Waals surface area contributed by atoms with Gasteiger partial charge in [-0.2, -0.15) is 0 Å². The molecule has 1 atom stereocenters. The Labute approximate surface area is 119 Å². The van der Waals surface area contributed by atoms with Crippen LogP contribution in [0.5, 0.6) is 5.75 Å². The van der Waals surface area contributed by atoms with Gasteiger partial charge >= 0.3 is 0 Å². The van der Waals surface area contributed by atoms with Crippen LogP contribution >= 0.6 is 0 Å². The molecule has 1 aromatic rings. The SMILES string of the molecule is CN1CCOc2ccc(NC(=O)[C@H]3CCCCN3)cc21. The van der Waals surface area contributed by atoms with E-state index in [-0.39, 0.29) is 11.9 Å². The van der Waals surface area contributed by atoms with Gasteiger partial charge in [-0.05, 0) is 37.6 Å². The minimum absolute atomic E-state index is 0.0593. The molecule has 108 valence electrons. The van der Waals surface area contributed by atoms with Gasteiger partial charge in [0.1, 0.15) is 12.4 Å². The van der Waals surface area contributed by atoms with E-state index in [9.17, 15) is 4.79 Å². The molecule has 2 aliphatic rings. The molecule has 0 radical (unpaired) electrons. The maximum absolute atomic E-state index is 12.2. The number of piperidine rings is 1. The summed E-state index contributed by atoms with van der Waals surface area (Å²) in [5.41, 5.74) is 1.86.